The van der Waals surface area contributed by atoms with Crippen molar-refractivity contribution >= 4 is 21.4 Å². The average molecular weight is 259 g/mol. The minimum Gasteiger partial charge on any atom is -0.212 e. The maximum atomic E-state index is 11.9. The molecule has 0 aliphatic heterocycles. The van der Waals surface area contributed by atoms with Gasteiger partial charge in [0.15, 0.2) is 0 Å². The predicted molar refractivity (Wildman–Crippen MR) is 69.0 cm³/mol. The molecule has 0 amide bonds. The van der Waals surface area contributed by atoms with Crippen molar-refractivity contribution in [1.29, 1.82) is 0 Å². The second-order valence-electron chi connectivity index (χ2n) is 3.48. The first-order chi connectivity index (χ1) is 7.60. The summed E-state index contributed by atoms with van der Waals surface area (Å²) < 4.78 is 25.3. The highest BCUT2D eigenvalue weighted by Gasteiger charge is 2.20. The van der Waals surface area contributed by atoms with Crippen molar-refractivity contribution in [1.82, 2.24) is 4.31 Å². The third-order valence-electron chi connectivity index (χ3n) is 2.10. The summed E-state index contributed by atoms with van der Waals surface area (Å²) in [6.07, 6.45) is 2.27. The van der Waals surface area contributed by atoms with Crippen molar-refractivity contribution in [3.05, 3.63) is 35.0 Å². The summed E-state index contributed by atoms with van der Waals surface area (Å²) >= 11 is 1.57. The summed E-state index contributed by atoms with van der Waals surface area (Å²) in [6.45, 7) is 6.30. The molecule has 0 aliphatic rings. The summed E-state index contributed by atoms with van der Waals surface area (Å²) in [6, 6.07) is 3.88. The van der Waals surface area contributed by atoms with Crippen LogP contribution in [0.3, 0.4) is 0 Å². The minimum atomic E-state index is -3.14. The molecule has 1 rings (SSSR count). The molecule has 0 aromatic carbocycles. The highest BCUT2D eigenvalue weighted by molar-refractivity contribution is 7.89. The SMILES string of the molecule is C=CCN(Cc1cccs1)S(=O)(=O)CCC. The van der Waals surface area contributed by atoms with Gasteiger partial charge in [-0.05, 0) is 17.9 Å². The number of sulfonamides is 1. The van der Waals surface area contributed by atoms with Crippen molar-refractivity contribution in [2.45, 2.75) is 19.9 Å². The van der Waals surface area contributed by atoms with Crippen molar-refractivity contribution in [3.8, 4) is 0 Å². The maximum absolute atomic E-state index is 11.9. The van der Waals surface area contributed by atoms with E-state index in [0.717, 1.165) is 4.88 Å². The van der Waals surface area contributed by atoms with E-state index in [2.05, 4.69) is 6.58 Å². The Morgan fingerprint density at radius 1 is 1.56 bits per heavy atom. The Labute approximate surface area is 101 Å². The zero-order valence-corrected chi connectivity index (χ0v) is 11.1. The van der Waals surface area contributed by atoms with Crippen LogP contribution in [0.25, 0.3) is 0 Å². The highest BCUT2D eigenvalue weighted by atomic mass is 32.2. The van der Waals surface area contributed by atoms with Gasteiger partial charge in [-0.1, -0.05) is 19.1 Å². The van der Waals surface area contributed by atoms with Crippen LogP contribution in [0.2, 0.25) is 0 Å². The third kappa shape index (κ3) is 3.73. The lowest BCUT2D eigenvalue weighted by Crippen LogP contribution is -2.32. The maximum Gasteiger partial charge on any atom is 0.214 e. The van der Waals surface area contributed by atoms with E-state index in [1.165, 1.54) is 4.31 Å². The number of hydrogen-bond donors (Lipinski definition) is 0. The lowest BCUT2D eigenvalue weighted by atomic mass is 10.4. The summed E-state index contributed by atoms with van der Waals surface area (Å²) in [5.74, 6) is 0.201. The van der Waals surface area contributed by atoms with Gasteiger partial charge in [-0.2, -0.15) is 4.31 Å². The van der Waals surface area contributed by atoms with Crippen molar-refractivity contribution < 1.29 is 8.42 Å². The summed E-state index contributed by atoms with van der Waals surface area (Å²) in [5, 5.41) is 1.95. The molecule has 0 radical (unpaired) electrons. The monoisotopic (exact) mass is 259 g/mol. The van der Waals surface area contributed by atoms with Gasteiger partial charge in [0.2, 0.25) is 10.0 Å². The van der Waals surface area contributed by atoms with Gasteiger partial charge in [-0.3, -0.25) is 0 Å². The Balaban J connectivity index is 2.78. The molecule has 0 aliphatic carbocycles. The molecule has 0 atom stereocenters. The molecule has 5 heteroatoms. The molecule has 0 saturated carbocycles. The summed E-state index contributed by atoms with van der Waals surface area (Å²) in [4.78, 5) is 1.06. The molecule has 1 aromatic rings. The van der Waals surface area contributed by atoms with Gasteiger partial charge >= 0.3 is 0 Å². The Bertz CT molecular complexity index is 409. The molecule has 16 heavy (non-hydrogen) atoms. The number of nitrogens with zero attached hydrogens (tertiary/aromatic N) is 1. The molecule has 90 valence electrons. The van der Waals surface area contributed by atoms with Crippen LogP contribution in [0.5, 0.6) is 0 Å². The van der Waals surface area contributed by atoms with E-state index in [1.54, 1.807) is 17.4 Å². The number of rotatable bonds is 7. The van der Waals surface area contributed by atoms with Gasteiger partial charge in [-0.25, -0.2) is 8.42 Å². The van der Waals surface area contributed by atoms with Gasteiger partial charge in [0.1, 0.15) is 0 Å². The fraction of sp³-hybridized carbons (Fsp3) is 0.455. The summed E-state index contributed by atoms with van der Waals surface area (Å²) in [5.41, 5.74) is 0. The van der Waals surface area contributed by atoms with Crippen LogP contribution in [0.15, 0.2) is 30.2 Å². The molecule has 0 bridgehead atoms. The smallest absolute Gasteiger partial charge is 0.212 e. The first-order valence-corrected chi connectivity index (χ1v) is 7.70. The van der Waals surface area contributed by atoms with E-state index in [9.17, 15) is 8.42 Å². The number of thiophene rings is 1. The first-order valence-electron chi connectivity index (χ1n) is 5.21. The Morgan fingerprint density at radius 2 is 2.31 bits per heavy atom. The molecule has 0 N–H and O–H groups in total. The lowest BCUT2D eigenvalue weighted by Gasteiger charge is -2.19. The van der Waals surface area contributed by atoms with Crippen LogP contribution < -0.4 is 0 Å². The molecule has 0 spiro atoms. The van der Waals surface area contributed by atoms with Crippen molar-refractivity contribution in [2.75, 3.05) is 12.3 Å². The number of hydrogen-bond acceptors (Lipinski definition) is 3. The van der Waals surface area contributed by atoms with Gasteiger partial charge in [0.05, 0.1) is 5.75 Å². The molecule has 0 unspecified atom stereocenters. The van der Waals surface area contributed by atoms with E-state index in [4.69, 9.17) is 0 Å². The average Bonchev–Trinajstić information content (AvgIpc) is 2.69. The normalized spacial score (nSPS) is 11.9. The lowest BCUT2D eigenvalue weighted by molar-refractivity contribution is 0.441. The molecule has 1 heterocycles. The predicted octanol–water partition coefficient (Wildman–Crippen LogP) is 2.48. The van der Waals surface area contributed by atoms with E-state index in [-0.39, 0.29) is 5.75 Å². The quantitative estimate of drug-likeness (QED) is 0.705. The van der Waals surface area contributed by atoms with Crippen LogP contribution >= 0.6 is 11.3 Å². The molecular weight excluding hydrogens is 242 g/mol. The second kappa shape index (κ2) is 6.18. The van der Waals surface area contributed by atoms with E-state index in [1.807, 2.05) is 24.4 Å². The largest absolute Gasteiger partial charge is 0.214 e. The molecule has 0 fully saturated rings. The first kappa shape index (κ1) is 13.4. The second-order valence-corrected chi connectivity index (χ2v) is 6.60. The van der Waals surface area contributed by atoms with Crippen LogP contribution in [0, 0.1) is 0 Å². The topological polar surface area (TPSA) is 37.4 Å². The van der Waals surface area contributed by atoms with Gasteiger partial charge in [0, 0.05) is 18.0 Å². The standard InChI is InChI=1S/C11H17NO2S2/c1-3-7-12(16(13,14)9-4-2)10-11-6-5-8-15-11/h3,5-6,8H,1,4,7,9-10H2,2H3. The Morgan fingerprint density at radius 3 is 2.81 bits per heavy atom. The Kier molecular flexibility index (Phi) is 5.18. The zero-order chi connectivity index (χ0) is 12.0. The van der Waals surface area contributed by atoms with Gasteiger partial charge < -0.3 is 0 Å². The van der Waals surface area contributed by atoms with Crippen LogP contribution in [-0.4, -0.2) is 25.0 Å². The Hall–Kier alpha value is -0.650. The summed E-state index contributed by atoms with van der Waals surface area (Å²) in [7, 11) is -3.14. The van der Waals surface area contributed by atoms with Gasteiger partial charge in [-0.15, -0.1) is 17.9 Å². The molecule has 0 saturated heterocycles. The van der Waals surface area contributed by atoms with Gasteiger partial charge in [0.25, 0.3) is 0 Å². The molecular formula is C11H17NO2S2. The van der Waals surface area contributed by atoms with Crippen LogP contribution in [-0.2, 0) is 16.6 Å². The highest BCUT2D eigenvalue weighted by Crippen LogP contribution is 2.15. The van der Waals surface area contributed by atoms with E-state index < -0.39 is 10.0 Å². The molecule has 3 nitrogen and oxygen atoms in total. The minimum absolute atomic E-state index is 0.201. The molecule has 1 aromatic heterocycles. The fourth-order valence-corrected chi connectivity index (χ4v) is 3.63. The van der Waals surface area contributed by atoms with Crippen molar-refractivity contribution in [2.24, 2.45) is 0 Å². The van der Waals surface area contributed by atoms with E-state index >= 15 is 0 Å². The zero-order valence-electron chi connectivity index (χ0n) is 9.43. The fourth-order valence-electron chi connectivity index (χ4n) is 1.38. The van der Waals surface area contributed by atoms with E-state index in [0.29, 0.717) is 19.5 Å². The van der Waals surface area contributed by atoms with Crippen LogP contribution in [0.1, 0.15) is 18.2 Å². The third-order valence-corrected chi connectivity index (χ3v) is 4.95. The van der Waals surface area contributed by atoms with Crippen LogP contribution in [0.4, 0.5) is 0 Å². The van der Waals surface area contributed by atoms with Crippen molar-refractivity contribution in [3.63, 3.8) is 0 Å².